The van der Waals surface area contributed by atoms with Gasteiger partial charge < -0.3 is 0 Å². The van der Waals surface area contributed by atoms with Gasteiger partial charge in [-0.15, -0.1) is 6.58 Å². The summed E-state index contributed by atoms with van der Waals surface area (Å²) in [6.45, 7) is 3.71. The third-order valence-electron chi connectivity index (χ3n) is 2.79. The quantitative estimate of drug-likeness (QED) is 0.432. The third kappa shape index (κ3) is 5.69. The van der Waals surface area contributed by atoms with Gasteiger partial charge in [0.1, 0.15) is 5.82 Å². The van der Waals surface area contributed by atoms with Crippen molar-refractivity contribution in [3.63, 3.8) is 0 Å². The van der Waals surface area contributed by atoms with Crippen LogP contribution in [0, 0.1) is 5.82 Å². The summed E-state index contributed by atoms with van der Waals surface area (Å²) in [5.41, 5.74) is 1.24. The molecular weight excluding hydrogens is 199 g/mol. The summed E-state index contributed by atoms with van der Waals surface area (Å²) in [5.74, 6) is -0.145. The molecule has 0 N–H and O–H groups in total. The van der Waals surface area contributed by atoms with Crippen LogP contribution in [0.2, 0.25) is 0 Å². The smallest absolute Gasteiger partial charge is 0.123 e. The van der Waals surface area contributed by atoms with Crippen LogP contribution >= 0.6 is 0 Å². The van der Waals surface area contributed by atoms with Crippen molar-refractivity contribution in [1.29, 1.82) is 0 Å². The molecule has 0 saturated heterocycles. The monoisotopic (exact) mass is 220 g/mol. The molecule has 0 aliphatic heterocycles. The van der Waals surface area contributed by atoms with Gasteiger partial charge in [-0.25, -0.2) is 4.39 Å². The molecule has 0 atom stereocenters. The summed E-state index contributed by atoms with van der Waals surface area (Å²) in [4.78, 5) is 0. The molecule has 1 aromatic rings. The lowest BCUT2D eigenvalue weighted by molar-refractivity contribution is 0.614. The van der Waals surface area contributed by atoms with Crippen molar-refractivity contribution >= 4 is 0 Å². The van der Waals surface area contributed by atoms with E-state index in [0.29, 0.717) is 0 Å². The minimum Gasteiger partial charge on any atom is -0.207 e. The van der Waals surface area contributed by atoms with Crippen LogP contribution in [0.15, 0.2) is 36.9 Å². The second kappa shape index (κ2) is 8.09. The van der Waals surface area contributed by atoms with Gasteiger partial charge in [0.25, 0.3) is 0 Å². The summed E-state index contributed by atoms with van der Waals surface area (Å²) in [6.07, 6.45) is 10.5. The largest absolute Gasteiger partial charge is 0.207 e. The lowest BCUT2D eigenvalue weighted by Crippen LogP contribution is -1.86. The molecule has 1 rings (SSSR count). The van der Waals surface area contributed by atoms with Crippen molar-refractivity contribution in [3.05, 3.63) is 48.3 Å². The minimum atomic E-state index is -0.145. The summed E-state index contributed by atoms with van der Waals surface area (Å²) >= 11 is 0. The summed E-state index contributed by atoms with van der Waals surface area (Å²) in [7, 11) is 0. The molecule has 1 heteroatoms. The Morgan fingerprint density at radius 3 is 2.25 bits per heavy atom. The highest BCUT2D eigenvalue weighted by molar-refractivity contribution is 5.15. The molecule has 0 amide bonds. The zero-order valence-corrected chi connectivity index (χ0v) is 9.92. The molecule has 0 aliphatic rings. The molecular formula is C15H21F. The molecule has 0 nitrogen and oxygen atoms in total. The molecule has 88 valence electrons. The molecule has 0 aromatic heterocycles. The first kappa shape index (κ1) is 13.0. The molecule has 1 aromatic carbocycles. The van der Waals surface area contributed by atoms with Gasteiger partial charge in [-0.3, -0.25) is 0 Å². The van der Waals surface area contributed by atoms with Crippen molar-refractivity contribution in [1.82, 2.24) is 0 Å². The zero-order valence-electron chi connectivity index (χ0n) is 9.92. The Morgan fingerprint density at radius 1 is 0.938 bits per heavy atom. The first-order valence-electron chi connectivity index (χ1n) is 6.18. The molecule has 0 radical (unpaired) electrons. The first-order valence-corrected chi connectivity index (χ1v) is 6.18. The number of allylic oxidation sites excluding steroid dienone is 1. The van der Waals surface area contributed by atoms with E-state index in [-0.39, 0.29) is 5.82 Å². The normalized spacial score (nSPS) is 10.3. The summed E-state index contributed by atoms with van der Waals surface area (Å²) < 4.78 is 12.6. The number of aryl methyl sites for hydroxylation is 1. The Balaban J connectivity index is 2.02. The van der Waals surface area contributed by atoms with Gasteiger partial charge in [-0.2, -0.15) is 0 Å². The maximum absolute atomic E-state index is 12.6. The van der Waals surface area contributed by atoms with Gasteiger partial charge in [0, 0.05) is 0 Å². The van der Waals surface area contributed by atoms with Crippen LogP contribution in [0.5, 0.6) is 0 Å². The summed E-state index contributed by atoms with van der Waals surface area (Å²) in [6, 6.07) is 6.85. The van der Waals surface area contributed by atoms with E-state index in [9.17, 15) is 4.39 Å². The predicted octanol–water partition coefficient (Wildman–Crippen LogP) is 4.89. The van der Waals surface area contributed by atoms with Gasteiger partial charge >= 0.3 is 0 Å². The van der Waals surface area contributed by atoms with Gasteiger partial charge in [0.05, 0.1) is 0 Å². The molecule has 0 fully saturated rings. The number of rotatable bonds is 8. The van der Waals surface area contributed by atoms with Crippen LogP contribution in [0.3, 0.4) is 0 Å². The third-order valence-corrected chi connectivity index (χ3v) is 2.79. The van der Waals surface area contributed by atoms with Crippen molar-refractivity contribution in [2.75, 3.05) is 0 Å². The standard InChI is InChI=1S/C15H21F/c1-2-3-4-5-6-7-8-9-14-10-12-15(16)13-11-14/h2,10-13H,1,3-9H2. The van der Waals surface area contributed by atoms with Crippen LogP contribution < -0.4 is 0 Å². The topological polar surface area (TPSA) is 0 Å². The van der Waals surface area contributed by atoms with E-state index in [2.05, 4.69) is 6.58 Å². The van der Waals surface area contributed by atoms with E-state index >= 15 is 0 Å². The summed E-state index contributed by atoms with van der Waals surface area (Å²) in [5, 5.41) is 0. The van der Waals surface area contributed by atoms with Crippen LogP contribution in [-0.4, -0.2) is 0 Å². The van der Waals surface area contributed by atoms with Crippen molar-refractivity contribution in [2.45, 2.75) is 44.9 Å². The van der Waals surface area contributed by atoms with Crippen LogP contribution in [0.1, 0.15) is 44.1 Å². The van der Waals surface area contributed by atoms with Gasteiger partial charge in [-0.1, -0.05) is 37.5 Å². The molecule has 0 spiro atoms. The molecule has 0 unspecified atom stereocenters. The Labute approximate surface area is 98.2 Å². The second-order valence-corrected chi connectivity index (χ2v) is 4.22. The Bertz CT molecular complexity index is 287. The fourth-order valence-corrected chi connectivity index (χ4v) is 1.80. The molecule has 16 heavy (non-hydrogen) atoms. The average molecular weight is 220 g/mol. The second-order valence-electron chi connectivity index (χ2n) is 4.22. The lowest BCUT2D eigenvalue weighted by atomic mass is 10.0. The fourth-order valence-electron chi connectivity index (χ4n) is 1.80. The van der Waals surface area contributed by atoms with Crippen LogP contribution in [0.4, 0.5) is 4.39 Å². The molecule has 0 saturated carbocycles. The van der Waals surface area contributed by atoms with Gasteiger partial charge in [-0.05, 0) is 43.4 Å². The fraction of sp³-hybridized carbons (Fsp3) is 0.467. The van der Waals surface area contributed by atoms with Crippen molar-refractivity contribution < 1.29 is 4.39 Å². The van der Waals surface area contributed by atoms with E-state index < -0.39 is 0 Å². The average Bonchev–Trinajstić information content (AvgIpc) is 2.30. The van der Waals surface area contributed by atoms with Crippen LogP contribution in [0.25, 0.3) is 0 Å². The van der Waals surface area contributed by atoms with E-state index in [0.717, 1.165) is 12.8 Å². The highest BCUT2D eigenvalue weighted by atomic mass is 19.1. The SMILES string of the molecule is C=CCCCCCCCc1ccc(F)cc1. The number of benzene rings is 1. The highest BCUT2D eigenvalue weighted by Crippen LogP contribution is 2.10. The van der Waals surface area contributed by atoms with Crippen molar-refractivity contribution in [2.24, 2.45) is 0 Å². The van der Waals surface area contributed by atoms with Crippen molar-refractivity contribution in [3.8, 4) is 0 Å². The number of hydrogen-bond acceptors (Lipinski definition) is 0. The molecule has 0 heterocycles. The number of unbranched alkanes of at least 4 members (excludes halogenated alkanes) is 5. The maximum atomic E-state index is 12.6. The predicted molar refractivity (Wildman–Crippen MR) is 68.0 cm³/mol. The van der Waals surface area contributed by atoms with Crippen LogP contribution in [-0.2, 0) is 6.42 Å². The van der Waals surface area contributed by atoms with E-state index in [1.807, 2.05) is 18.2 Å². The minimum absolute atomic E-state index is 0.145. The van der Waals surface area contributed by atoms with E-state index in [1.165, 1.54) is 37.7 Å². The lowest BCUT2D eigenvalue weighted by Gasteiger charge is -2.01. The Morgan fingerprint density at radius 2 is 1.56 bits per heavy atom. The molecule has 0 aliphatic carbocycles. The van der Waals surface area contributed by atoms with E-state index in [4.69, 9.17) is 0 Å². The maximum Gasteiger partial charge on any atom is 0.123 e. The van der Waals surface area contributed by atoms with Gasteiger partial charge in [0.2, 0.25) is 0 Å². The Kier molecular flexibility index (Phi) is 6.55. The number of hydrogen-bond donors (Lipinski definition) is 0. The zero-order chi connectivity index (χ0) is 11.6. The number of halogens is 1. The first-order chi connectivity index (χ1) is 7.83. The van der Waals surface area contributed by atoms with Gasteiger partial charge in [0.15, 0.2) is 0 Å². The molecule has 0 bridgehead atoms. The Hall–Kier alpha value is -1.11. The van der Waals surface area contributed by atoms with E-state index in [1.54, 1.807) is 12.1 Å². The highest BCUT2D eigenvalue weighted by Gasteiger charge is 1.94.